The number of hydrogen-bond donors (Lipinski definition) is 1. The number of rotatable bonds is 6. The third-order valence-electron chi connectivity index (χ3n) is 8.03. The topological polar surface area (TPSA) is 126 Å². The number of carbonyl (C=O) groups is 2. The molecule has 2 atom stereocenters. The Hall–Kier alpha value is -2.75. The van der Waals surface area contributed by atoms with Gasteiger partial charge < -0.3 is 24.7 Å². The summed E-state index contributed by atoms with van der Waals surface area (Å²) in [6.07, 6.45) is 0.729. The number of sulfonamides is 1. The third kappa shape index (κ3) is 5.51. The number of thiazole rings is 1. The van der Waals surface area contributed by atoms with Crippen LogP contribution in [-0.4, -0.2) is 109 Å². The molecule has 0 spiro atoms. The summed E-state index contributed by atoms with van der Waals surface area (Å²) in [6, 6.07) is 6.17. The fraction of sp³-hybridized carbons (Fsp3) is 0.519. The summed E-state index contributed by atoms with van der Waals surface area (Å²) < 4.78 is 36.0. The first kappa shape index (κ1) is 29.3. The highest BCUT2D eigenvalue weighted by Crippen LogP contribution is 2.30. The number of fused-ring (bicyclic) bond motifs is 2. The Labute approximate surface area is 253 Å². The second-order valence-electron chi connectivity index (χ2n) is 10.8. The Morgan fingerprint density at radius 1 is 1.19 bits per heavy atom. The van der Waals surface area contributed by atoms with E-state index in [9.17, 15) is 18.0 Å². The normalized spacial score (nSPS) is 21.9. The van der Waals surface area contributed by atoms with Gasteiger partial charge in [-0.1, -0.05) is 11.6 Å². The summed E-state index contributed by atoms with van der Waals surface area (Å²) in [5, 5.41) is 4.81. The van der Waals surface area contributed by atoms with Crippen LogP contribution in [0.5, 0.6) is 0 Å². The van der Waals surface area contributed by atoms with Crippen LogP contribution in [0.4, 0.5) is 0 Å². The molecule has 3 aliphatic rings. The van der Waals surface area contributed by atoms with E-state index >= 15 is 0 Å². The number of amides is 2. The van der Waals surface area contributed by atoms with Crippen molar-refractivity contribution in [2.24, 2.45) is 0 Å². The standard InChI is InChI=1S/C27H33ClN6O6S2/c1-17-11-21-23(15-29-17)41-26(30-21)27(36)33-6-5-32(16-20(33)14-24(35)31-7-9-40-10-8-31)42(37,38)25-13-18-12-19(28)3-4-22(18)34(25)39-2/h3-4,12-13,17,20,29H,5-11,14-16H2,1-2H3. The zero-order valence-corrected chi connectivity index (χ0v) is 25.8. The van der Waals surface area contributed by atoms with Crippen molar-refractivity contribution in [3.05, 3.63) is 44.9 Å². The minimum absolute atomic E-state index is 0.00961. The van der Waals surface area contributed by atoms with Gasteiger partial charge >= 0.3 is 0 Å². The van der Waals surface area contributed by atoms with Gasteiger partial charge in [-0.25, -0.2) is 13.4 Å². The average molecular weight is 637 g/mol. The summed E-state index contributed by atoms with van der Waals surface area (Å²) in [6.45, 7) is 4.69. The number of morpholine rings is 1. The predicted octanol–water partition coefficient (Wildman–Crippen LogP) is 1.61. The number of ether oxygens (including phenoxy) is 1. The molecular weight excluding hydrogens is 604 g/mol. The molecule has 2 amide bonds. The minimum Gasteiger partial charge on any atom is -0.416 e. The Morgan fingerprint density at radius 3 is 2.74 bits per heavy atom. The summed E-state index contributed by atoms with van der Waals surface area (Å²) in [4.78, 5) is 41.7. The van der Waals surface area contributed by atoms with Crippen LogP contribution in [0.3, 0.4) is 0 Å². The molecule has 226 valence electrons. The molecule has 42 heavy (non-hydrogen) atoms. The van der Waals surface area contributed by atoms with E-state index in [1.165, 1.54) is 33.5 Å². The molecular formula is C27H33ClN6O6S2. The molecule has 3 aliphatic heterocycles. The molecule has 2 saturated heterocycles. The minimum atomic E-state index is -4.07. The number of carbonyl (C=O) groups excluding carboxylic acids is 2. The van der Waals surface area contributed by atoms with E-state index < -0.39 is 16.1 Å². The number of benzene rings is 1. The van der Waals surface area contributed by atoms with Crippen LogP contribution in [0.25, 0.3) is 10.9 Å². The van der Waals surface area contributed by atoms with Crippen LogP contribution in [0.15, 0.2) is 29.3 Å². The lowest BCUT2D eigenvalue weighted by Crippen LogP contribution is -2.58. The quantitative estimate of drug-likeness (QED) is 0.433. The van der Waals surface area contributed by atoms with E-state index in [2.05, 4.69) is 17.2 Å². The Morgan fingerprint density at radius 2 is 1.98 bits per heavy atom. The number of aromatic nitrogens is 2. The van der Waals surface area contributed by atoms with Gasteiger partial charge in [0.2, 0.25) is 5.91 Å². The average Bonchev–Trinajstić information content (AvgIpc) is 3.58. The molecule has 6 rings (SSSR count). The number of nitrogens with zero attached hydrogens (tertiary/aromatic N) is 5. The van der Waals surface area contributed by atoms with Crippen LogP contribution >= 0.6 is 22.9 Å². The molecule has 0 aliphatic carbocycles. The van der Waals surface area contributed by atoms with Crippen molar-refractivity contribution in [2.75, 3.05) is 53.0 Å². The highest BCUT2D eigenvalue weighted by Gasteiger charge is 2.41. The molecule has 5 heterocycles. The fourth-order valence-corrected chi connectivity index (χ4v) is 8.58. The van der Waals surface area contributed by atoms with Crippen LogP contribution < -0.4 is 10.2 Å². The van der Waals surface area contributed by atoms with Crippen LogP contribution in [0.2, 0.25) is 5.02 Å². The van der Waals surface area contributed by atoms with Crippen molar-refractivity contribution in [3.8, 4) is 0 Å². The molecule has 1 N–H and O–H groups in total. The predicted molar refractivity (Wildman–Crippen MR) is 157 cm³/mol. The summed E-state index contributed by atoms with van der Waals surface area (Å²) in [5.41, 5.74) is 1.48. The van der Waals surface area contributed by atoms with Crippen molar-refractivity contribution in [3.63, 3.8) is 0 Å². The fourth-order valence-electron chi connectivity index (χ4n) is 5.79. The van der Waals surface area contributed by atoms with Crippen LogP contribution in [0.1, 0.15) is 33.7 Å². The monoisotopic (exact) mass is 636 g/mol. The largest absolute Gasteiger partial charge is 0.416 e. The maximum absolute atomic E-state index is 14.0. The van der Waals surface area contributed by atoms with Gasteiger partial charge in [0.05, 0.1) is 30.5 Å². The van der Waals surface area contributed by atoms with E-state index in [-0.39, 0.29) is 48.9 Å². The number of hydrogen-bond acceptors (Lipinski definition) is 9. The van der Waals surface area contributed by atoms with Gasteiger partial charge in [0.25, 0.3) is 15.9 Å². The Kier molecular flexibility index (Phi) is 8.19. The van der Waals surface area contributed by atoms with Gasteiger partial charge in [-0.15, -0.1) is 11.3 Å². The van der Waals surface area contributed by atoms with Gasteiger partial charge in [0, 0.05) is 73.4 Å². The second kappa shape index (κ2) is 11.7. The van der Waals surface area contributed by atoms with Gasteiger partial charge in [-0.05, 0) is 31.2 Å². The molecule has 12 nitrogen and oxygen atoms in total. The molecule has 2 fully saturated rings. The lowest BCUT2D eigenvalue weighted by Gasteiger charge is -2.41. The first-order valence-electron chi connectivity index (χ1n) is 13.9. The van der Waals surface area contributed by atoms with Crippen molar-refractivity contribution in [1.29, 1.82) is 0 Å². The maximum atomic E-state index is 14.0. The molecule has 3 aromatic rings. The molecule has 0 bridgehead atoms. The van der Waals surface area contributed by atoms with Crippen LogP contribution in [-0.2, 0) is 32.5 Å². The van der Waals surface area contributed by atoms with Gasteiger partial charge in [0.1, 0.15) is 7.11 Å². The first-order valence-corrected chi connectivity index (χ1v) is 16.5. The summed E-state index contributed by atoms with van der Waals surface area (Å²) >= 11 is 7.52. The van der Waals surface area contributed by atoms with Crippen molar-refractivity contribution in [2.45, 2.75) is 43.4 Å². The lowest BCUT2D eigenvalue weighted by atomic mass is 10.1. The van der Waals surface area contributed by atoms with Gasteiger partial charge in [-0.2, -0.15) is 9.04 Å². The van der Waals surface area contributed by atoms with Crippen molar-refractivity contribution >= 4 is 55.7 Å². The zero-order valence-electron chi connectivity index (χ0n) is 23.4. The highest BCUT2D eigenvalue weighted by molar-refractivity contribution is 7.89. The summed E-state index contributed by atoms with van der Waals surface area (Å²) in [5.74, 6) is -0.419. The van der Waals surface area contributed by atoms with E-state index in [1.807, 2.05) is 0 Å². The molecule has 2 unspecified atom stereocenters. The lowest BCUT2D eigenvalue weighted by molar-refractivity contribution is -0.136. The molecule has 0 saturated carbocycles. The molecule has 0 radical (unpaired) electrons. The Bertz CT molecular complexity index is 1620. The van der Waals surface area contributed by atoms with Crippen molar-refractivity contribution < 1.29 is 27.6 Å². The third-order valence-corrected chi connectivity index (χ3v) is 11.2. The highest BCUT2D eigenvalue weighted by atomic mass is 35.5. The van der Waals surface area contributed by atoms with E-state index in [1.54, 1.807) is 28.0 Å². The van der Waals surface area contributed by atoms with E-state index in [0.29, 0.717) is 53.8 Å². The molecule has 1 aromatic carbocycles. The molecule has 2 aromatic heterocycles. The van der Waals surface area contributed by atoms with Gasteiger partial charge in [-0.3, -0.25) is 9.59 Å². The SMILES string of the molecule is COn1c(S(=O)(=O)N2CCN(C(=O)c3nc4c(s3)CNC(C)C4)C(CC(=O)N3CCOCC3)C2)cc2cc(Cl)ccc21. The van der Waals surface area contributed by atoms with E-state index in [0.717, 1.165) is 17.0 Å². The van der Waals surface area contributed by atoms with Crippen molar-refractivity contribution in [1.82, 2.24) is 29.1 Å². The summed E-state index contributed by atoms with van der Waals surface area (Å²) in [7, 11) is -2.67. The number of piperazine rings is 1. The smallest absolute Gasteiger partial charge is 0.283 e. The number of nitrogens with one attached hydrogen (secondary N) is 1. The van der Waals surface area contributed by atoms with Gasteiger partial charge in [0.15, 0.2) is 10.0 Å². The molecule has 15 heteroatoms. The second-order valence-corrected chi connectivity index (χ2v) is 14.2. The zero-order chi connectivity index (χ0) is 29.6. The van der Waals surface area contributed by atoms with E-state index in [4.69, 9.17) is 21.2 Å². The maximum Gasteiger partial charge on any atom is 0.283 e. The van der Waals surface area contributed by atoms with Crippen LogP contribution in [0, 0.1) is 0 Å². The first-order chi connectivity index (χ1) is 20.2. The number of halogens is 1. The Balaban J connectivity index is 1.30.